The molecule has 13 heavy (non-hydrogen) atoms. The van der Waals surface area contributed by atoms with Crippen molar-refractivity contribution >= 4 is 11.6 Å². The maximum Gasteiger partial charge on any atom is 0.169 e. The number of carbonyl (C=O) groups excluding carboxylic acids is 2. The molecular formula is C10H16O3. The van der Waals surface area contributed by atoms with Crippen molar-refractivity contribution in [3.63, 3.8) is 0 Å². The Bertz CT molecular complexity index is 239. The zero-order valence-electron chi connectivity index (χ0n) is 8.39. The van der Waals surface area contributed by atoms with E-state index in [-0.39, 0.29) is 22.9 Å². The summed E-state index contributed by atoms with van der Waals surface area (Å²) in [4.78, 5) is 21.8. The smallest absolute Gasteiger partial charge is 0.169 e. The molecule has 0 saturated carbocycles. The second-order valence-electron chi connectivity index (χ2n) is 2.65. The van der Waals surface area contributed by atoms with Gasteiger partial charge < -0.3 is 5.11 Å². The van der Waals surface area contributed by atoms with Gasteiger partial charge in [-0.15, -0.1) is 0 Å². The fraction of sp³-hybridized carbons (Fsp3) is 0.600. The van der Waals surface area contributed by atoms with E-state index >= 15 is 0 Å². The normalized spacial score (nSPS) is 16.4. The second-order valence-corrected chi connectivity index (χ2v) is 2.65. The van der Waals surface area contributed by atoms with Crippen LogP contribution in [-0.2, 0) is 9.59 Å². The Balaban J connectivity index is 0.000000671. The summed E-state index contributed by atoms with van der Waals surface area (Å²) in [5.74, 6) is -0.581. The lowest BCUT2D eigenvalue weighted by atomic mass is 9.94. The largest absolute Gasteiger partial charge is 0.511 e. The van der Waals surface area contributed by atoms with E-state index in [2.05, 4.69) is 0 Å². The van der Waals surface area contributed by atoms with Crippen molar-refractivity contribution in [1.82, 2.24) is 0 Å². The molecule has 0 saturated heterocycles. The highest BCUT2D eigenvalue weighted by molar-refractivity contribution is 6.20. The molecule has 0 aromatic rings. The molecule has 1 N–H and O–H groups in total. The van der Waals surface area contributed by atoms with Gasteiger partial charge in [0, 0.05) is 12.8 Å². The molecule has 1 rings (SSSR count). The number of carbonyl (C=O) groups is 2. The minimum atomic E-state index is -0.327. The molecule has 3 nitrogen and oxygen atoms in total. The average molecular weight is 184 g/mol. The Kier molecular flexibility index (Phi) is 5.04. The summed E-state index contributed by atoms with van der Waals surface area (Å²) in [7, 11) is 0. The number of hydrogen-bond acceptors (Lipinski definition) is 3. The molecule has 0 aromatic carbocycles. The first kappa shape index (κ1) is 11.9. The van der Waals surface area contributed by atoms with Gasteiger partial charge in [0.1, 0.15) is 5.76 Å². The number of hydrogen-bond donors (Lipinski definition) is 1. The number of aliphatic hydroxyl groups is 1. The minimum absolute atomic E-state index is 0.0104. The topological polar surface area (TPSA) is 54.4 Å². The first-order valence-corrected chi connectivity index (χ1v) is 4.59. The zero-order chi connectivity index (χ0) is 10.4. The summed E-state index contributed by atoms with van der Waals surface area (Å²) in [6.07, 6.45) is 1.50. The van der Waals surface area contributed by atoms with Crippen LogP contribution in [0.3, 0.4) is 0 Å². The fourth-order valence-electron chi connectivity index (χ4n) is 1.23. The molecule has 0 heterocycles. The molecule has 0 amide bonds. The van der Waals surface area contributed by atoms with Gasteiger partial charge in [0.15, 0.2) is 11.6 Å². The lowest BCUT2D eigenvalue weighted by molar-refractivity contribution is -0.121. The van der Waals surface area contributed by atoms with Gasteiger partial charge in [-0.3, -0.25) is 9.59 Å². The molecule has 1 aliphatic rings. The van der Waals surface area contributed by atoms with E-state index in [4.69, 9.17) is 5.11 Å². The van der Waals surface area contributed by atoms with Gasteiger partial charge in [0.2, 0.25) is 0 Å². The Labute approximate surface area is 78.5 Å². The van der Waals surface area contributed by atoms with E-state index in [0.29, 0.717) is 19.3 Å². The van der Waals surface area contributed by atoms with Crippen molar-refractivity contribution in [1.29, 1.82) is 0 Å². The molecule has 0 bridgehead atoms. The van der Waals surface area contributed by atoms with E-state index in [1.165, 1.54) is 6.92 Å². The summed E-state index contributed by atoms with van der Waals surface area (Å²) in [6.45, 7) is 5.30. The second kappa shape index (κ2) is 5.51. The predicted octanol–water partition coefficient (Wildman–Crippen LogP) is 2.17. The van der Waals surface area contributed by atoms with Crippen molar-refractivity contribution < 1.29 is 14.7 Å². The first-order chi connectivity index (χ1) is 6.13. The van der Waals surface area contributed by atoms with Gasteiger partial charge in [-0.1, -0.05) is 13.8 Å². The highest BCUT2D eigenvalue weighted by Gasteiger charge is 2.23. The quantitative estimate of drug-likeness (QED) is 0.635. The zero-order valence-corrected chi connectivity index (χ0v) is 8.39. The molecule has 0 aromatic heterocycles. The van der Waals surface area contributed by atoms with E-state index in [1.54, 1.807) is 0 Å². The molecular weight excluding hydrogens is 168 g/mol. The van der Waals surface area contributed by atoms with Crippen molar-refractivity contribution in [3.05, 3.63) is 11.3 Å². The third kappa shape index (κ3) is 3.01. The van der Waals surface area contributed by atoms with E-state index < -0.39 is 0 Å². The van der Waals surface area contributed by atoms with E-state index in [9.17, 15) is 9.59 Å². The summed E-state index contributed by atoms with van der Waals surface area (Å²) in [5.41, 5.74) is 0.0104. The maximum absolute atomic E-state index is 11.0. The summed E-state index contributed by atoms with van der Waals surface area (Å²) >= 11 is 0. The Morgan fingerprint density at radius 2 is 1.85 bits per heavy atom. The van der Waals surface area contributed by atoms with Crippen LogP contribution in [0.25, 0.3) is 0 Å². The Morgan fingerprint density at radius 3 is 2.15 bits per heavy atom. The number of allylic oxidation sites excluding steroid dienone is 2. The summed E-state index contributed by atoms with van der Waals surface area (Å²) in [5, 5.41) is 9.15. The van der Waals surface area contributed by atoms with Crippen LogP contribution in [0, 0.1) is 0 Å². The highest BCUT2D eigenvalue weighted by atomic mass is 16.3. The van der Waals surface area contributed by atoms with Crippen LogP contribution >= 0.6 is 0 Å². The van der Waals surface area contributed by atoms with Gasteiger partial charge in [-0.25, -0.2) is 0 Å². The lowest BCUT2D eigenvalue weighted by Gasteiger charge is -2.11. The van der Waals surface area contributed by atoms with Crippen molar-refractivity contribution in [2.45, 2.75) is 40.0 Å². The van der Waals surface area contributed by atoms with Crippen LogP contribution in [0.15, 0.2) is 11.3 Å². The molecule has 0 unspecified atom stereocenters. The third-order valence-corrected chi connectivity index (χ3v) is 1.74. The molecule has 74 valence electrons. The van der Waals surface area contributed by atoms with E-state index in [0.717, 1.165) is 0 Å². The Hall–Kier alpha value is -1.12. The molecule has 1 aliphatic carbocycles. The average Bonchev–Trinajstić information content (AvgIpc) is 2.07. The van der Waals surface area contributed by atoms with Crippen LogP contribution in [0.5, 0.6) is 0 Å². The van der Waals surface area contributed by atoms with Gasteiger partial charge in [-0.05, 0) is 13.3 Å². The van der Waals surface area contributed by atoms with Gasteiger partial charge in [-0.2, -0.15) is 0 Å². The number of aliphatic hydroxyl groups excluding tert-OH is 1. The monoisotopic (exact) mass is 184 g/mol. The van der Waals surface area contributed by atoms with Crippen molar-refractivity contribution in [3.8, 4) is 0 Å². The third-order valence-electron chi connectivity index (χ3n) is 1.74. The fourth-order valence-corrected chi connectivity index (χ4v) is 1.23. The van der Waals surface area contributed by atoms with E-state index in [1.807, 2.05) is 13.8 Å². The van der Waals surface area contributed by atoms with Crippen LogP contribution in [-0.4, -0.2) is 16.7 Å². The minimum Gasteiger partial charge on any atom is -0.511 e. The van der Waals surface area contributed by atoms with Gasteiger partial charge in [0.05, 0.1) is 5.57 Å². The molecule has 0 radical (unpaired) electrons. The van der Waals surface area contributed by atoms with Gasteiger partial charge in [0.25, 0.3) is 0 Å². The maximum atomic E-state index is 11.0. The standard InChI is InChI=1S/C8H10O3.C2H6/c1-5(9)8-6(10)3-2-4-7(8)11;1-2/h10H,2-4H2,1H3;1-2H3. The SMILES string of the molecule is CC.CC(=O)C1=C(O)CCCC1=O. The van der Waals surface area contributed by atoms with Crippen molar-refractivity contribution in [2.24, 2.45) is 0 Å². The van der Waals surface area contributed by atoms with Crippen LogP contribution in [0.1, 0.15) is 40.0 Å². The molecule has 3 heteroatoms. The van der Waals surface area contributed by atoms with Gasteiger partial charge >= 0.3 is 0 Å². The lowest BCUT2D eigenvalue weighted by Crippen LogP contribution is -2.17. The number of ketones is 2. The molecule has 0 atom stereocenters. The number of rotatable bonds is 1. The summed E-state index contributed by atoms with van der Waals surface area (Å²) in [6, 6.07) is 0. The Morgan fingerprint density at radius 1 is 1.31 bits per heavy atom. The van der Waals surface area contributed by atoms with Crippen molar-refractivity contribution in [2.75, 3.05) is 0 Å². The van der Waals surface area contributed by atoms with Crippen LogP contribution in [0.4, 0.5) is 0 Å². The van der Waals surface area contributed by atoms with Crippen LogP contribution < -0.4 is 0 Å². The molecule has 0 aliphatic heterocycles. The summed E-state index contributed by atoms with van der Waals surface area (Å²) < 4.78 is 0. The molecule has 0 fully saturated rings. The van der Waals surface area contributed by atoms with Crippen LogP contribution in [0.2, 0.25) is 0 Å². The first-order valence-electron chi connectivity index (χ1n) is 4.59. The molecule has 0 spiro atoms. The predicted molar refractivity (Wildman–Crippen MR) is 50.5 cm³/mol. The number of Topliss-reactive ketones (excluding diaryl/α,β-unsaturated/α-hetero) is 2. The highest BCUT2D eigenvalue weighted by Crippen LogP contribution is 2.20.